The summed E-state index contributed by atoms with van der Waals surface area (Å²) in [5.41, 5.74) is 4.65. The lowest BCUT2D eigenvalue weighted by atomic mass is 9.87. The van der Waals surface area contributed by atoms with E-state index in [4.69, 9.17) is 0 Å². The fraction of sp³-hybridized carbons (Fsp3) is 0.545. The van der Waals surface area contributed by atoms with E-state index in [0.29, 0.717) is 25.6 Å². The number of nitrogens with one attached hydrogen (secondary N) is 1. The smallest absolute Gasteiger partial charge is 0.253 e. The third kappa shape index (κ3) is 3.65. The van der Waals surface area contributed by atoms with E-state index in [2.05, 4.69) is 28.9 Å². The van der Waals surface area contributed by atoms with Crippen molar-refractivity contribution < 1.29 is 9.59 Å². The first-order valence-electron chi connectivity index (χ1n) is 10.3. The van der Waals surface area contributed by atoms with Crippen LogP contribution >= 0.6 is 0 Å². The number of carbonyl (C=O) groups is 2. The van der Waals surface area contributed by atoms with Crippen molar-refractivity contribution in [3.8, 4) is 0 Å². The van der Waals surface area contributed by atoms with Crippen LogP contribution in [-0.4, -0.2) is 78.3 Å². The molecule has 6 heteroatoms. The van der Waals surface area contributed by atoms with Crippen LogP contribution in [0, 0.1) is 5.92 Å². The van der Waals surface area contributed by atoms with Gasteiger partial charge in [-0.2, -0.15) is 0 Å². The maximum Gasteiger partial charge on any atom is 0.253 e. The van der Waals surface area contributed by atoms with E-state index in [-0.39, 0.29) is 11.8 Å². The van der Waals surface area contributed by atoms with Crippen molar-refractivity contribution >= 4 is 22.7 Å². The predicted molar refractivity (Wildman–Crippen MR) is 111 cm³/mol. The van der Waals surface area contributed by atoms with Gasteiger partial charge in [-0.15, -0.1) is 0 Å². The molecule has 1 aromatic heterocycles. The van der Waals surface area contributed by atoms with Crippen molar-refractivity contribution in [2.75, 3.05) is 46.8 Å². The van der Waals surface area contributed by atoms with Crippen LogP contribution in [0.2, 0.25) is 0 Å². The number of benzene rings is 1. The normalized spacial score (nSPS) is 20.2. The molecule has 1 fully saturated rings. The lowest BCUT2D eigenvalue weighted by Gasteiger charge is -2.34. The van der Waals surface area contributed by atoms with Gasteiger partial charge in [0.2, 0.25) is 5.91 Å². The number of amides is 2. The monoisotopic (exact) mass is 382 g/mol. The van der Waals surface area contributed by atoms with E-state index in [0.717, 1.165) is 37.0 Å². The second-order valence-electron chi connectivity index (χ2n) is 8.55. The van der Waals surface area contributed by atoms with Gasteiger partial charge in [0.05, 0.1) is 6.54 Å². The Morgan fingerprint density at radius 3 is 2.64 bits per heavy atom. The molecule has 4 rings (SSSR count). The number of hydrogen-bond donors (Lipinski definition) is 1. The second-order valence-corrected chi connectivity index (χ2v) is 8.55. The summed E-state index contributed by atoms with van der Waals surface area (Å²) in [5, 5.41) is 1.21. The Bertz CT molecular complexity index is 893. The largest absolute Gasteiger partial charge is 0.358 e. The maximum absolute atomic E-state index is 13.1. The van der Waals surface area contributed by atoms with Gasteiger partial charge in [-0.05, 0) is 48.9 Å². The van der Waals surface area contributed by atoms with Crippen molar-refractivity contribution in [3.05, 3.63) is 35.0 Å². The molecule has 0 unspecified atom stereocenters. The SMILES string of the molecule is C[C@H]1CCc2[nH]c3ccc(C(=O)N4CCN(CC(=O)N(C)C)CC4)cc3c2C1. The first-order chi connectivity index (χ1) is 13.4. The van der Waals surface area contributed by atoms with Crippen LogP contribution in [0.5, 0.6) is 0 Å². The highest BCUT2D eigenvalue weighted by Gasteiger charge is 2.25. The Balaban J connectivity index is 1.46. The summed E-state index contributed by atoms with van der Waals surface area (Å²) < 4.78 is 0. The zero-order valence-corrected chi connectivity index (χ0v) is 17.1. The summed E-state index contributed by atoms with van der Waals surface area (Å²) in [6.45, 7) is 5.54. The Labute approximate surface area is 166 Å². The van der Waals surface area contributed by atoms with Gasteiger partial charge in [0.25, 0.3) is 5.91 Å². The first-order valence-corrected chi connectivity index (χ1v) is 10.3. The zero-order valence-electron chi connectivity index (χ0n) is 17.1. The molecule has 2 heterocycles. The van der Waals surface area contributed by atoms with Gasteiger partial charge in [-0.1, -0.05) is 6.92 Å². The third-order valence-corrected chi connectivity index (χ3v) is 6.20. The number of likely N-dealkylation sites (N-methyl/N-ethyl adjacent to an activating group) is 1. The van der Waals surface area contributed by atoms with Crippen LogP contribution in [0.3, 0.4) is 0 Å². The molecule has 1 saturated heterocycles. The van der Waals surface area contributed by atoms with Crippen molar-refractivity contribution in [3.63, 3.8) is 0 Å². The summed E-state index contributed by atoms with van der Waals surface area (Å²) in [6, 6.07) is 6.07. The fourth-order valence-electron chi connectivity index (χ4n) is 4.35. The van der Waals surface area contributed by atoms with Gasteiger partial charge in [-0.25, -0.2) is 0 Å². The number of rotatable bonds is 3. The topological polar surface area (TPSA) is 59.7 Å². The molecule has 1 aliphatic carbocycles. The number of aromatic nitrogens is 1. The van der Waals surface area contributed by atoms with Gasteiger partial charge in [-0.3, -0.25) is 14.5 Å². The molecule has 0 saturated carbocycles. The number of aromatic amines is 1. The molecule has 1 atom stereocenters. The molecule has 1 N–H and O–H groups in total. The molecule has 0 bridgehead atoms. The zero-order chi connectivity index (χ0) is 19.8. The molecular formula is C22H30N4O2. The molecule has 6 nitrogen and oxygen atoms in total. The summed E-state index contributed by atoms with van der Waals surface area (Å²) in [5.74, 6) is 0.903. The highest BCUT2D eigenvalue weighted by Crippen LogP contribution is 2.32. The molecular weight excluding hydrogens is 352 g/mol. The molecule has 0 spiro atoms. The van der Waals surface area contributed by atoms with E-state index < -0.39 is 0 Å². The predicted octanol–water partition coefficient (Wildman–Crippen LogP) is 2.14. The van der Waals surface area contributed by atoms with Crippen LogP contribution in [0.15, 0.2) is 18.2 Å². The van der Waals surface area contributed by atoms with Gasteiger partial charge >= 0.3 is 0 Å². The van der Waals surface area contributed by atoms with E-state index in [1.54, 1.807) is 19.0 Å². The lowest BCUT2D eigenvalue weighted by molar-refractivity contribution is -0.130. The molecule has 150 valence electrons. The minimum absolute atomic E-state index is 0.0966. The van der Waals surface area contributed by atoms with Crippen LogP contribution in [0.25, 0.3) is 10.9 Å². The second kappa shape index (κ2) is 7.59. The lowest BCUT2D eigenvalue weighted by Crippen LogP contribution is -2.51. The van der Waals surface area contributed by atoms with Gasteiger partial charge < -0.3 is 14.8 Å². The highest BCUT2D eigenvalue weighted by atomic mass is 16.2. The Morgan fingerprint density at radius 2 is 1.93 bits per heavy atom. The average molecular weight is 383 g/mol. The van der Waals surface area contributed by atoms with Gasteiger partial charge in [0.1, 0.15) is 0 Å². The summed E-state index contributed by atoms with van der Waals surface area (Å²) in [7, 11) is 3.55. The van der Waals surface area contributed by atoms with Gasteiger partial charge in [0, 0.05) is 62.4 Å². The molecule has 2 amide bonds. The number of hydrogen-bond acceptors (Lipinski definition) is 3. The number of carbonyl (C=O) groups excluding carboxylic acids is 2. The van der Waals surface area contributed by atoms with Crippen molar-refractivity contribution in [2.24, 2.45) is 5.92 Å². The standard InChI is InChI=1S/C22H30N4O2/c1-15-4-6-19-17(12-15)18-13-16(5-7-20(18)23-19)22(28)26-10-8-25(9-11-26)14-21(27)24(2)3/h5,7,13,15,23H,4,6,8-12,14H2,1-3H3/t15-/m0/s1. The molecule has 0 radical (unpaired) electrons. The molecule has 1 aromatic carbocycles. The summed E-state index contributed by atoms with van der Waals surface area (Å²) in [6.07, 6.45) is 3.42. The molecule has 1 aliphatic heterocycles. The molecule has 2 aromatic rings. The van der Waals surface area contributed by atoms with E-state index in [1.165, 1.54) is 23.1 Å². The Morgan fingerprint density at radius 1 is 1.18 bits per heavy atom. The van der Waals surface area contributed by atoms with Crippen LogP contribution in [0.4, 0.5) is 0 Å². The maximum atomic E-state index is 13.1. The fourth-order valence-corrected chi connectivity index (χ4v) is 4.35. The van der Waals surface area contributed by atoms with Crippen LogP contribution in [-0.2, 0) is 17.6 Å². The number of H-pyrrole nitrogens is 1. The number of nitrogens with zero attached hydrogens (tertiary/aromatic N) is 3. The first kappa shape index (κ1) is 19.0. The Kier molecular flexibility index (Phi) is 5.15. The minimum atomic E-state index is 0.0966. The van der Waals surface area contributed by atoms with Crippen molar-refractivity contribution in [1.29, 1.82) is 0 Å². The highest BCUT2D eigenvalue weighted by molar-refractivity contribution is 5.99. The molecule has 2 aliphatic rings. The van der Waals surface area contributed by atoms with Gasteiger partial charge in [0.15, 0.2) is 0 Å². The number of aryl methyl sites for hydroxylation is 1. The van der Waals surface area contributed by atoms with E-state index in [9.17, 15) is 9.59 Å². The summed E-state index contributed by atoms with van der Waals surface area (Å²) in [4.78, 5) is 34.1. The van der Waals surface area contributed by atoms with Crippen LogP contribution < -0.4 is 0 Å². The quantitative estimate of drug-likeness (QED) is 0.885. The van der Waals surface area contributed by atoms with E-state index >= 15 is 0 Å². The van der Waals surface area contributed by atoms with Crippen molar-refractivity contribution in [2.45, 2.75) is 26.2 Å². The average Bonchev–Trinajstić information content (AvgIpc) is 3.05. The minimum Gasteiger partial charge on any atom is -0.358 e. The molecule has 28 heavy (non-hydrogen) atoms. The number of fused-ring (bicyclic) bond motifs is 3. The van der Waals surface area contributed by atoms with E-state index in [1.807, 2.05) is 11.0 Å². The Hall–Kier alpha value is -2.34. The number of piperazine rings is 1. The third-order valence-electron chi connectivity index (χ3n) is 6.20. The van der Waals surface area contributed by atoms with Crippen molar-refractivity contribution in [1.82, 2.24) is 19.7 Å². The summed E-state index contributed by atoms with van der Waals surface area (Å²) >= 11 is 0. The van der Waals surface area contributed by atoms with Crippen LogP contribution in [0.1, 0.15) is 35.0 Å².